The van der Waals surface area contributed by atoms with Crippen LogP contribution in [-0.2, 0) is 17.5 Å². The summed E-state index contributed by atoms with van der Waals surface area (Å²) in [6.07, 6.45) is -4.17. The van der Waals surface area contributed by atoms with Gasteiger partial charge in [0, 0.05) is 12.6 Å². The van der Waals surface area contributed by atoms with Crippen LogP contribution in [0.1, 0.15) is 22.6 Å². The van der Waals surface area contributed by atoms with Crippen LogP contribution in [0.2, 0.25) is 0 Å². The van der Waals surface area contributed by atoms with Gasteiger partial charge in [-0.3, -0.25) is 4.68 Å². The van der Waals surface area contributed by atoms with E-state index in [2.05, 4.69) is 9.84 Å². The number of carbonyl (C=O) groups is 1. The minimum atomic E-state index is -4.59. The quantitative estimate of drug-likeness (QED) is 0.811. The molecule has 0 aromatic carbocycles. The van der Waals surface area contributed by atoms with Gasteiger partial charge < -0.3 is 10.5 Å². The van der Waals surface area contributed by atoms with Crippen molar-refractivity contribution >= 4 is 5.97 Å². The lowest BCUT2D eigenvalue weighted by Gasteiger charge is -2.04. The first-order valence-electron chi connectivity index (χ1n) is 4.83. The molecule has 0 fully saturated rings. The predicted molar refractivity (Wildman–Crippen MR) is 52.2 cm³/mol. The predicted octanol–water partition coefficient (Wildman–Crippen LogP) is 1.04. The van der Waals surface area contributed by atoms with Crippen molar-refractivity contribution in [1.82, 2.24) is 9.78 Å². The van der Waals surface area contributed by atoms with Crippen LogP contribution < -0.4 is 5.73 Å². The Kier molecular flexibility index (Phi) is 4.11. The fourth-order valence-corrected chi connectivity index (χ4v) is 1.24. The minimum absolute atomic E-state index is 0.136. The smallest absolute Gasteiger partial charge is 0.435 e. The highest BCUT2D eigenvalue weighted by atomic mass is 19.4. The number of ether oxygens (including phenoxy) is 1. The molecule has 0 saturated heterocycles. The molecular weight excluding hydrogens is 239 g/mol. The zero-order valence-corrected chi connectivity index (χ0v) is 9.12. The molecule has 0 aliphatic heterocycles. The lowest BCUT2D eigenvalue weighted by atomic mass is 10.3. The molecule has 0 amide bonds. The van der Waals surface area contributed by atoms with Gasteiger partial charge in [-0.05, 0) is 13.0 Å². The summed E-state index contributed by atoms with van der Waals surface area (Å²) in [5, 5.41) is 3.32. The van der Waals surface area contributed by atoms with Gasteiger partial charge in [0.15, 0.2) is 5.69 Å². The Bertz CT molecular complexity index is 401. The van der Waals surface area contributed by atoms with E-state index in [0.29, 0.717) is 19.0 Å². The molecule has 0 radical (unpaired) electrons. The normalized spacial score (nSPS) is 11.6. The molecule has 1 rings (SSSR count). The maximum absolute atomic E-state index is 12.4. The molecule has 96 valence electrons. The third kappa shape index (κ3) is 3.19. The highest BCUT2D eigenvalue weighted by Gasteiger charge is 2.35. The third-order valence-corrected chi connectivity index (χ3v) is 2.04. The van der Waals surface area contributed by atoms with Gasteiger partial charge in [-0.15, -0.1) is 0 Å². The number of rotatable bonds is 4. The first-order valence-corrected chi connectivity index (χ1v) is 4.83. The molecule has 0 aliphatic carbocycles. The molecule has 17 heavy (non-hydrogen) atoms. The van der Waals surface area contributed by atoms with E-state index < -0.39 is 17.8 Å². The molecule has 2 N–H and O–H groups in total. The number of nitrogens with zero attached hydrogens (tertiary/aromatic N) is 2. The molecule has 0 bridgehead atoms. The monoisotopic (exact) mass is 251 g/mol. The Morgan fingerprint density at radius 3 is 2.71 bits per heavy atom. The molecule has 0 spiro atoms. The molecule has 0 atom stereocenters. The van der Waals surface area contributed by atoms with Crippen molar-refractivity contribution < 1.29 is 22.7 Å². The van der Waals surface area contributed by atoms with Gasteiger partial charge in [0.25, 0.3) is 0 Å². The van der Waals surface area contributed by atoms with Crippen LogP contribution in [0.5, 0.6) is 0 Å². The van der Waals surface area contributed by atoms with Crippen molar-refractivity contribution in [2.45, 2.75) is 19.1 Å². The van der Waals surface area contributed by atoms with E-state index in [-0.39, 0.29) is 12.2 Å². The van der Waals surface area contributed by atoms with Crippen LogP contribution in [0.25, 0.3) is 0 Å². The number of carbonyl (C=O) groups excluding carboxylic acids is 1. The van der Waals surface area contributed by atoms with E-state index in [9.17, 15) is 18.0 Å². The van der Waals surface area contributed by atoms with Crippen molar-refractivity contribution in [3.05, 3.63) is 17.5 Å². The molecule has 1 heterocycles. The van der Waals surface area contributed by atoms with E-state index in [0.717, 1.165) is 11.8 Å². The Hall–Kier alpha value is -1.57. The molecule has 0 saturated carbocycles. The fraction of sp³-hybridized carbons (Fsp3) is 0.556. The van der Waals surface area contributed by atoms with Crippen molar-refractivity contribution in [1.29, 1.82) is 0 Å². The average molecular weight is 251 g/mol. The third-order valence-electron chi connectivity index (χ3n) is 2.04. The summed E-state index contributed by atoms with van der Waals surface area (Å²) in [6, 6.07) is 0.669. The van der Waals surface area contributed by atoms with Gasteiger partial charge in [0.2, 0.25) is 0 Å². The summed E-state index contributed by atoms with van der Waals surface area (Å²) < 4.78 is 42.6. The number of nitrogens with two attached hydrogens (primary N) is 1. The van der Waals surface area contributed by atoms with Gasteiger partial charge in [0.05, 0.1) is 7.11 Å². The van der Waals surface area contributed by atoms with Gasteiger partial charge >= 0.3 is 12.1 Å². The number of alkyl halides is 3. The van der Waals surface area contributed by atoms with Crippen molar-refractivity contribution in [3.63, 3.8) is 0 Å². The number of hydrogen-bond acceptors (Lipinski definition) is 4. The van der Waals surface area contributed by atoms with Gasteiger partial charge in [0.1, 0.15) is 5.69 Å². The number of methoxy groups -OCH3 is 1. The van der Waals surface area contributed by atoms with Crippen molar-refractivity contribution in [3.8, 4) is 0 Å². The maximum Gasteiger partial charge on any atom is 0.435 e. The standard InChI is InChI=1S/C9H12F3N3O2/c1-17-8(16)6-5-7(9(10,11)12)14-15(6)4-2-3-13/h5H,2-4,13H2,1H3. The second-order valence-corrected chi connectivity index (χ2v) is 3.27. The van der Waals surface area contributed by atoms with Crippen LogP contribution in [0.3, 0.4) is 0 Å². The molecule has 0 aliphatic rings. The molecule has 1 aromatic heterocycles. The van der Waals surface area contributed by atoms with E-state index in [1.807, 2.05) is 0 Å². The Morgan fingerprint density at radius 2 is 2.24 bits per heavy atom. The number of halogens is 3. The highest BCUT2D eigenvalue weighted by Crippen LogP contribution is 2.28. The second kappa shape index (κ2) is 5.17. The molecule has 5 nitrogen and oxygen atoms in total. The van der Waals surface area contributed by atoms with Crippen LogP contribution in [0.4, 0.5) is 13.2 Å². The largest absolute Gasteiger partial charge is 0.464 e. The average Bonchev–Trinajstić information content (AvgIpc) is 2.68. The van der Waals surface area contributed by atoms with Crippen molar-refractivity contribution in [2.75, 3.05) is 13.7 Å². The Morgan fingerprint density at radius 1 is 1.59 bits per heavy atom. The Balaban J connectivity index is 3.07. The second-order valence-electron chi connectivity index (χ2n) is 3.27. The summed E-state index contributed by atoms with van der Waals surface area (Å²) in [6.45, 7) is 0.429. The van der Waals surface area contributed by atoms with E-state index in [4.69, 9.17) is 5.73 Å². The lowest BCUT2D eigenvalue weighted by molar-refractivity contribution is -0.141. The summed E-state index contributed by atoms with van der Waals surface area (Å²) >= 11 is 0. The molecule has 8 heteroatoms. The van der Waals surface area contributed by atoms with Crippen molar-refractivity contribution in [2.24, 2.45) is 5.73 Å². The summed E-state index contributed by atoms with van der Waals surface area (Å²) in [5.74, 6) is -0.856. The molecule has 1 aromatic rings. The topological polar surface area (TPSA) is 70.1 Å². The number of aryl methyl sites for hydroxylation is 1. The van der Waals surface area contributed by atoms with Crippen LogP contribution in [0, 0.1) is 0 Å². The maximum atomic E-state index is 12.4. The zero-order valence-electron chi connectivity index (χ0n) is 9.12. The number of esters is 1. The van der Waals surface area contributed by atoms with Crippen LogP contribution in [0.15, 0.2) is 6.07 Å². The SMILES string of the molecule is COC(=O)c1cc(C(F)(F)F)nn1CCCN. The lowest BCUT2D eigenvalue weighted by Crippen LogP contribution is -2.14. The number of aromatic nitrogens is 2. The van der Waals surface area contributed by atoms with E-state index >= 15 is 0 Å². The van der Waals surface area contributed by atoms with E-state index in [1.54, 1.807) is 0 Å². The van der Waals surface area contributed by atoms with Gasteiger partial charge in [-0.25, -0.2) is 4.79 Å². The van der Waals surface area contributed by atoms with Crippen LogP contribution in [-0.4, -0.2) is 29.4 Å². The minimum Gasteiger partial charge on any atom is -0.464 e. The summed E-state index contributed by atoms with van der Waals surface area (Å²) in [7, 11) is 1.09. The zero-order chi connectivity index (χ0) is 13.1. The highest BCUT2D eigenvalue weighted by molar-refractivity contribution is 5.87. The fourth-order valence-electron chi connectivity index (χ4n) is 1.24. The first-order chi connectivity index (χ1) is 7.90. The van der Waals surface area contributed by atoms with Gasteiger partial charge in [-0.1, -0.05) is 0 Å². The number of hydrogen-bond donors (Lipinski definition) is 1. The Labute approximate surface area is 95.3 Å². The molecular formula is C9H12F3N3O2. The molecule has 0 unspecified atom stereocenters. The summed E-state index contributed by atoms with van der Waals surface area (Å²) in [4.78, 5) is 11.3. The van der Waals surface area contributed by atoms with Gasteiger partial charge in [-0.2, -0.15) is 18.3 Å². The van der Waals surface area contributed by atoms with Crippen LogP contribution >= 0.6 is 0 Å². The summed E-state index contributed by atoms with van der Waals surface area (Å²) in [5.41, 5.74) is 3.90. The van der Waals surface area contributed by atoms with E-state index in [1.165, 1.54) is 0 Å². The first kappa shape index (κ1) is 13.5.